The molecule has 4 N–H and O–H groups in total. The molecule has 2 aromatic rings. The third-order valence-corrected chi connectivity index (χ3v) is 5.97. The minimum atomic E-state index is -1.58. The molecule has 0 saturated heterocycles. The highest BCUT2D eigenvalue weighted by Gasteiger charge is 2.28. The van der Waals surface area contributed by atoms with Crippen LogP contribution in [0.2, 0.25) is 0 Å². The largest absolute Gasteiger partial charge is 0.479 e. The van der Waals surface area contributed by atoms with Gasteiger partial charge in [0.1, 0.15) is 6.61 Å². The van der Waals surface area contributed by atoms with Gasteiger partial charge >= 0.3 is 12.1 Å². The summed E-state index contributed by atoms with van der Waals surface area (Å²) in [4.78, 5) is 34.2. The van der Waals surface area contributed by atoms with Crippen molar-refractivity contribution < 1.29 is 29.3 Å². The molecule has 34 heavy (non-hydrogen) atoms. The molecule has 182 valence electrons. The number of alkyl carbamates (subject to hydrolysis) is 1. The van der Waals surface area contributed by atoms with Crippen LogP contribution in [0.15, 0.2) is 48.5 Å². The predicted octanol–water partition coefficient (Wildman–Crippen LogP) is 3.43. The average molecular weight is 469 g/mol. The quantitative estimate of drug-likeness (QED) is 0.334. The van der Waals surface area contributed by atoms with Gasteiger partial charge in [-0.05, 0) is 35.1 Å². The molecule has 0 bridgehead atoms. The molecule has 0 spiro atoms. The van der Waals surface area contributed by atoms with Crippen molar-refractivity contribution in [2.45, 2.75) is 50.5 Å². The van der Waals surface area contributed by atoms with Crippen LogP contribution in [0.3, 0.4) is 0 Å². The number of hydrogen-bond acceptors (Lipinski definition) is 5. The lowest BCUT2D eigenvalue weighted by Gasteiger charge is -2.14. The molecule has 1 aliphatic rings. The van der Waals surface area contributed by atoms with E-state index in [1.807, 2.05) is 24.3 Å². The Morgan fingerprint density at radius 3 is 2.09 bits per heavy atom. The molecule has 2 aromatic carbocycles. The fourth-order valence-electron chi connectivity index (χ4n) is 4.17. The van der Waals surface area contributed by atoms with Crippen LogP contribution in [0.25, 0.3) is 11.1 Å². The first kappa shape index (κ1) is 25.2. The lowest BCUT2D eigenvalue weighted by Crippen LogP contribution is -2.36. The second-order valence-electron chi connectivity index (χ2n) is 8.43. The van der Waals surface area contributed by atoms with Gasteiger partial charge in [0.05, 0.1) is 6.54 Å². The summed E-state index contributed by atoms with van der Waals surface area (Å²) < 4.78 is 5.52. The number of hydrogen-bond donors (Lipinski definition) is 4. The smallest absolute Gasteiger partial charge is 0.407 e. The third kappa shape index (κ3) is 7.05. The Morgan fingerprint density at radius 1 is 0.853 bits per heavy atom. The fourth-order valence-corrected chi connectivity index (χ4v) is 4.17. The van der Waals surface area contributed by atoms with Crippen LogP contribution in [0.5, 0.6) is 0 Å². The van der Waals surface area contributed by atoms with Gasteiger partial charge in [-0.25, -0.2) is 9.59 Å². The summed E-state index contributed by atoms with van der Waals surface area (Å²) in [5.74, 6) is -1.58. The highest BCUT2D eigenvalue weighted by molar-refractivity contribution is 5.79. The van der Waals surface area contributed by atoms with E-state index < -0.39 is 18.2 Å². The topological polar surface area (TPSA) is 125 Å². The average Bonchev–Trinajstić information content (AvgIpc) is 3.16. The van der Waals surface area contributed by atoms with E-state index in [-0.39, 0.29) is 18.4 Å². The van der Waals surface area contributed by atoms with Gasteiger partial charge in [0, 0.05) is 18.9 Å². The van der Waals surface area contributed by atoms with E-state index in [1.165, 1.54) is 22.3 Å². The van der Waals surface area contributed by atoms with E-state index in [0.29, 0.717) is 26.0 Å². The van der Waals surface area contributed by atoms with Gasteiger partial charge in [-0.1, -0.05) is 67.8 Å². The molecule has 3 rings (SSSR count). The maximum atomic E-state index is 12.2. The van der Waals surface area contributed by atoms with Crippen molar-refractivity contribution in [3.63, 3.8) is 0 Å². The van der Waals surface area contributed by atoms with Gasteiger partial charge in [0.2, 0.25) is 5.91 Å². The van der Waals surface area contributed by atoms with Crippen molar-refractivity contribution in [3.8, 4) is 11.1 Å². The van der Waals surface area contributed by atoms with E-state index in [9.17, 15) is 14.4 Å². The predicted molar refractivity (Wildman–Crippen MR) is 127 cm³/mol. The first-order chi connectivity index (χ1) is 16.5. The maximum absolute atomic E-state index is 12.2. The van der Waals surface area contributed by atoms with E-state index in [1.54, 1.807) is 0 Å². The molecular formula is C26H32N2O6. The molecule has 1 atom stereocenters. The van der Waals surface area contributed by atoms with Crippen LogP contribution < -0.4 is 10.6 Å². The number of carbonyl (C=O) groups excluding carboxylic acids is 2. The fraction of sp³-hybridized carbons (Fsp3) is 0.423. The second kappa shape index (κ2) is 12.7. The van der Waals surface area contributed by atoms with Crippen molar-refractivity contribution in [3.05, 3.63) is 59.7 Å². The molecule has 8 heteroatoms. The first-order valence-corrected chi connectivity index (χ1v) is 11.7. The summed E-state index contributed by atoms with van der Waals surface area (Å²) in [6, 6.07) is 16.4. The van der Waals surface area contributed by atoms with Gasteiger partial charge < -0.3 is 25.6 Å². The van der Waals surface area contributed by atoms with Gasteiger partial charge in [-0.15, -0.1) is 0 Å². The third-order valence-electron chi connectivity index (χ3n) is 5.97. The lowest BCUT2D eigenvalue weighted by molar-refractivity contribution is -0.146. The number of fused-ring (bicyclic) bond motifs is 3. The number of unbranched alkanes of at least 4 members (excludes halogenated alkanes) is 4. The van der Waals surface area contributed by atoms with Crippen LogP contribution in [0, 0.1) is 0 Å². The standard InChI is InChI=1S/C26H32N2O6/c29-23(25(31)32)16-28-24(30)14-4-2-1-3-9-15-27-26(33)34-17-22-20-12-7-5-10-18(20)19-11-6-8-13-21(19)22/h5-8,10-13,22-23,29H,1-4,9,14-17H2,(H,27,33)(H,28,30)(H,31,32)/t23-/m0/s1. The highest BCUT2D eigenvalue weighted by Crippen LogP contribution is 2.44. The Hall–Kier alpha value is -3.39. The zero-order valence-electron chi connectivity index (χ0n) is 19.2. The lowest BCUT2D eigenvalue weighted by atomic mass is 9.98. The monoisotopic (exact) mass is 468 g/mol. The molecule has 1 aliphatic carbocycles. The van der Waals surface area contributed by atoms with Crippen LogP contribution in [-0.2, 0) is 14.3 Å². The molecule has 0 heterocycles. The number of carboxylic acid groups (broad SMARTS) is 1. The molecule has 0 unspecified atom stereocenters. The summed E-state index contributed by atoms with van der Waals surface area (Å²) in [6.07, 6.45) is 2.52. The summed E-state index contributed by atoms with van der Waals surface area (Å²) in [5.41, 5.74) is 4.76. The van der Waals surface area contributed by atoms with Crippen LogP contribution in [0.4, 0.5) is 4.79 Å². The zero-order valence-corrected chi connectivity index (χ0v) is 19.2. The Kier molecular flexibility index (Phi) is 9.46. The van der Waals surface area contributed by atoms with Crippen molar-refractivity contribution in [2.24, 2.45) is 0 Å². The minimum absolute atomic E-state index is 0.0442. The Morgan fingerprint density at radius 2 is 1.44 bits per heavy atom. The van der Waals surface area contributed by atoms with Gasteiger partial charge in [-0.3, -0.25) is 4.79 Å². The van der Waals surface area contributed by atoms with Crippen molar-refractivity contribution in [1.29, 1.82) is 0 Å². The van der Waals surface area contributed by atoms with Gasteiger partial charge in [0.25, 0.3) is 0 Å². The van der Waals surface area contributed by atoms with E-state index in [2.05, 4.69) is 34.9 Å². The van der Waals surface area contributed by atoms with Crippen molar-refractivity contribution in [1.82, 2.24) is 10.6 Å². The van der Waals surface area contributed by atoms with Crippen LogP contribution in [0.1, 0.15) is 55.6 Å². The van der Waals surface area contributed by atoms with E-state index in [0.717, 1.165) is 25.7 Å². The SMILES string of the molecule is O=C(CCCCCCCNC(=O)OCC1c2ccccc2-c2ccccc21)NC[C@H](O)C(=O)O. The summed E-state index contributed by atoms with van der Waals surface area (Å²) in [7, 11) is 0. The number of carbonyl (C=O) groups is 3. The van der Waals surface area contributed by atoms with Crippen LogP contribution in [-0.4, -0.2) is 54.0 Å². The molecule has 8 nitrogen and oxygen atoms in total. The zero-order chi connectivity index (χ0) is 24.3. The summed E-state index contributed by atoms with van der Waals surface area (Å²) in [5, 5.41) is 22.9. The van der Waals surface area contributed by atoms with E-state index in [4.69, 9.17) is 14.9 Å². The van der Waals surface area contributed by atoms with Crippen LogP contribution >= 0.6 is 0 Å². The first-order valence-electron chi connectivity index (χ1n) is 11.7. The number of amides is 2. The Balaban J connectivity index is 1.25. The van der Waals surface area contributed by atoms with E-state index >= 15 is 0 Å². The molecular weight excluding hydrogens is 436 g/mol. The number of rotatable bonds is 13. The maximum Gasteiger partial charge on any atom is 0.407 e. The Labute approximate surface area is 199 Å². The molecule has 0 aromatic heterocycles. The molecule has 0 aliphatic heterocycles. The molecule has 0 saturated carbocycles. The molecule has 2 amide bonds. The number of benzene rings is 2. The van der Waals surface area contributed by atoms with Gasteiger partial charge in [-0.2, -0.15) is 0 Å². The second-order valence-corrected chi connectivity index (χ2v) is 8.43. The molecule has 0 fully saturated rings. The number of aliphatic hydroxyl groups is 1. The minimum Gasteiger partial charge on any atom is -0.479 e. The molecule has 0 radical (unpaired) electrons. The van der Waals surface area contributed by atoms with Crippen molar-refractivity contribution >= 4 is 18.0 Å². The number of carboxylic acids is 1. The number of ether oxygens (including phenoxy) is 1. The summed E-state index contributed by atoms with van der Waals surface area (Å²) in [6.45, 7) is 0.547. The highest BCUT2D eigenvalue weighted by atomic mass is 16.5. The summed E-state index contributed by atoms with van der Waals surface area (Å²) >= 11 is 0. The van der Waals surface area contributed by atoms with Gasteiger partial charge in [0.15, 0.2) is 6.10 Å². The van der Waals surface area contributed by atoms with Crippen molar-refractivity contribution in [2.75, 3.05) is 19.7 Å². The number of aliphatic hydroxyl groups excluding tert-OH is 1. The Bertz CT molecular complexity index is 947. The number of aliphatic carboxylic acids is 1. The normalized spacial score (nSPS) is 13.0. The number of nitrogens with one attached hydrogen (secondary N) is 2.